The maximum Gasteiger partial charge on any atom is 0.228 e. The van der Waals surface area contributed by atoms with Crippen molar-refractivity contribution in [1.29, 1.82) is 0 Å². The number of ether oxygens (including phenoxy) is 1. The second kappa shape index (κ2) is 3.96. The molecule has 0 aromatic carbocycles. The lowest BCUT2D eigenvalue weighted by Crippen LogP contribution is -2.46. The summed E-state index contributed by atoms with van der Waals surface area (Å²) in [7, 11) is 0. The van der Waals surface area contributed by atoms with Crippen LogP contribution < -0.4 is 0 Å². The molecular weight excluding hydrogens is 226 g/mol. The third kappa shape index (κ3) is 1.78. The van der Waals surface area contributed by atoms with Crippen LogP contribution in [-0.2, 0) is 9.53 Å². The minimum atomic E-state index is 0.186. The van der Waals surface area contributed by atoms with Gasteiger partial charge in [-0.05, 0) is 57.8 Å². The Bertz CT molecular complexity index is 362. The first kappa shape index (κ1) is 11.3. The molecular formula is C15H23NO2. The summed E-state index contributed by atoms with van der Waals surface area (Å²) in [5, 5.41) is 0. The molecule has 2 heterocycles. The number of rotatable bonds is 4. The van der Waals surface area contributed by atoms with Gasteiger partial charge in [0.15, 0.2) is 0 Å². The van der Waals surface area contributed by atoms with E-state index in [1.807, 2.05) is 0 Å². The Morgan fingerprint density at radius 3 is 2.44 bits per heavy atom. The summed E-state index contributed by atoms with van der Waals surface area (Å²) in [6.07, 6.45) is 9.01. The smallest absolute Gasteiger partial charge is 0.228 e. The second-order valence-corrected chi connectivity index (χ2v) is 6.77. The van der Waals surface area contributed by atoms with Crippen LogP contribution in [0.2, 0.25) is 0 Å². The summed E-state index contributed by atoms with van der Waals surface area (Å²) in [5.74, 6) is 1.39. The van der Waals surface area contributed by atoms with Gasteiger partial charge in [0.2, 0.25) is 5.91 Å². The Morgan fingerprint density at radius 2 is 1.94 bits per heavy atom. The minimum absolute atomic E-state index is 0.186. The van der Waals surface area contributed by atoms with E-state index in [1.54, 1.807) is 0 Å². The molecule has 18 heavy (non-hydrogen) atoms. The number of fused-ring (bicyclic) bond motifs is 2. The number of amides is 1. The van der Waals surface area contributed by atoms with E-state index in [0.29, 0.717) is 24.1 Å². The maximum absolute atomic E-state index is 12.8. The SMILES string of the molecule is C[C@H](C1CC1)N(C(=O)[C@H]1C[C@H]2CC[C@H]1O2)C1CC1. The quantitative estimate of drug-likeness (QED) is 0.765. The van der Waals surface area contributed by atoms with Crippen LogP contribution in [-0.4, -0.2) is 35.1 Å². The van der Waals surface area contributed by atoms with E-state index in [-0.39, 0.29) is 12.0 Å². The molecule has 2 aliphatic heterocycles. The molecule has 3 heteroatoms. The molecule has 100 valence electrons. The molecule has 4 atom stereocenters. The van der Waals surface area contributed by atoms with Gasteiger partial charge in [-0.25, -0.2) is 0 Å². The average Bonchev–Trinajstić information content (AvgIpc) is 3.29. The Balaban J connectivity index is 1.50. The van der Waals surface area contributed by atoms with E-state index in [4.69, 9.17) is 4.74 Å². The molecule has 0 N–H and O–H groups in total. The summed E-state index contributed by atoms with van der Waals surface area (Å²) < 4.78 is 5.86. The lowest BCUT2D eigenvalue weighted by atomic mass is 9.87. The fourth-order valence-electron chi connectivity index (χ4n) is 3.96. The number of hydrogen-bond acceptors (Lipinski definition) is 2. The van der Waals surface area contributed by atoms with Gasteiger partial charge in [-0.2, -0.15) is 0 Å². The van der Waals surface area contributed by atoms with Crippen molar-refractivity contribution in [3.05, 3.63) is 0 Å². The molecule has 2 saturated carbocycles. The summed E-state index contributed by atoms with van der Waals surface area (Å²) in [6.45, 7) is 2.27. The van der Waals surface area contributed by atoms with Gasteiger partial charge >= 0.3 is 0 Å². The summed E-state index contributed by atoms with van der Waals surface area (Å²) >= 11 is 0. The second-order valence-electron chi connectivity index (χ2n) is 6.77. The molecule has 0 unspecified atom stereocenters. The van der Waals surface area contributed by atoms with Gasteiger partial charge in [0.1, 0.15) is 0 Å². The van der Waals surface area contributed by atoms with E-state index in [2.05, 4.69) is 11.8 Å². The first-order chi connectivity index (χ1) is 8.74. The van der Waals surface area contributed by atoms with Crippen LogP contribution in [0.3, 0.4) is 0 Å². The Labute approximate surface area is 109 Å². The van der Waals surface area contributed by atoms with Crippen LogP contribution in [0.25, 0.3) is 0 Å². The van der Waals surface area contributed by atoms with Gasteiger partial charge in [-0.1, -0.05) is 0 Å². The summed E-state index contributed by atoms with van der Waals surface area (Å²) in [6, 6.07) is 1.04. The highest BCUT2D eigenvalue weighted by atomic mass is 16.5. The van der Waals surface area contributed by atoms with E-state index in [9.17, 15) is 4.79 Å². The molecule has 2 saturated heterocycles. The zero-order valence-corrected chi connectivity index (χ0v) is 11.2. The minimum Gasteiger partial charge on any atom is -0.374 e. The van der Waals surface area contributed by atoms with Crippen LogP contribution in [0.4, 0.5) is 0 Å². The zero-order chi connectivity index (χ0) is 12.3. The van der Waals surface area contributed by atoms with Crippen molar-refractivity contribution in [2.75, 3.05) is 0 Å². The van der Waals surface area contributed by atoms with E-state index in [1.165, 1.54) is 32.1 Å². The number of hydrogen-bond donors (Lipinski definition) is 0. The van der Waals surface area contributed by atoms with Gasteiger partial charge in [0.05, 0.1) is 18.1 Å². The van der Waals surface area contributed by atoms with Crippen LogP contribution in [0.5, 0.6) is 0 Å². The average molecular weight is 249 g/mol. The topological polar surface area (TPSA) is 29.5 Å². The molecule has 4 aliphatic rings. The third-order valence-corrected chi connectivity index (χ3v) is 5.36. The van der Waals surface area contributed by atoms with Crippen molar-refractivity contribution >= 4 is 5.91 Å². The van der Waals surface area contributed by atoms with Crippen LogP contribution in [0.1, 0.15) is 51.9 Å². The first-order valence-electron chi connectivity index (χ1n) is 7.71. The molecule has 0 spiro atoms. The molecule has 3 nitrogen and oxygen atoms in total. The van der Waals surface area contributed by atoms with Crippen molar-refractivity contribution in [3.8, 4) is 0 Å². The molecule has 0 aromatic heterocycles. The Morgan fingerprint density at radius 1 is 1.17 bits per heavy atom. The lowest BCUT2D eigenvalue weighted by Gasteiger charge is -2.33. The Hall–Kier alpha value is -0.570. The lowest BCUT2D eigenvalue weighted by molar-refractivity contribution is -0.140. The number of nitrogens with zero attached hydrogens (tertiary/aromatic N) is 1. The highest BCUT2D eigenvalue weighted by Crippen LogP contribution is 2.44. The van der Waals surface area contributed by atoms with Crippen LogP contribution in [0, 0.1) is 11.8 Å². The van der Waals surface area contributed by atoms with Crippen molar-refractivity contribution in [3.63, 3.8) is 0 Å². The number of carbonyl (C=O) groups is 1. The third-order valence-electron chi connectivity index (χ3n) is 5.36. The van der Waals surface area contributed by atoms with Crippen molar-refractivity contribution in [2.24, 2.45) is 11.8 Å². The predicted molar refractivity (Wildman–Crippen MR) is 68.1 cm³/mol. The summed E-state index contributed by atoms with van der Waals surface area (Å²) in [5.41, 5.74) is 0. The molecule has 4 rings (SSSR count). The van der Waals surface area contributed by atoms with Gasteiger partial charge in [-0.3, -0.25) is 4.79 Å². The van der Waals surface area contributed by atoms with Gasteiger partial charge in [0.25, 0.3) is 0 Å². The zero-order valence-electron chi connectivity index (χ0n) is 11.2. The molecule has 2 bridgehead atoms. The fraction of sp³-hybridized carbons (Fsp3) is 0.933. The molecule has 0 radical (unpaired) electrons. The van der Waals surface area contributed by atoms with E-state index < -0.39 is 0 Å². The van der Waals surface area contributed by atoms with Gasteiger partial charge in [0, 0.05) is 12.1 Å². The van der Waals surface area contributed by atoms with Crippen molar-refractivity contribution in [2.45, 2.75) is 76.2 Å². The fourth-order valence-corrected chi connectivity index (χ4v) is 3.96. The predicted octanol–water partition coefficient (Wildman–Crippen LogP) is 2.34. The maximum atomic E-state index is 12.8. The van der Waals surface area contributed by atoms with Crippen LogP contribution in [0.15, 0.2) is 0 Å². The highest BCUT2D eigenvalue weighted by molar-refractivity contribution is 5.81. The van der Waals surface area contributed by atoms with E-state index >= 15 is 0 Å². The largest absolute Gasteiger partial charge is 0.374 e. The van der Waals surface area contributed by atoms with Gasteiger partial charge < -0.3 is 9.64 Å². The monoisotopic (exact) mass is 249 g/mol. The molecule has 4 fully saturated rings. The van der Waals surface area contributed by atoms with Crippen molar-refractivity contribution < 1.29 is 9.53 Å². The van der Waals surface area contributed by atoms with Gasteiger partial charge in [-0.15, -0.1) is 0 Å². The normalized spacial score (nSPS) is 39.9. The number of carbonyl (C=O) groups excluding carboxylic acids is 1. The van der Waals surface area contributed by atoms with Crippen LogP contribution >= 0.6 is 0 Å². The molecule has 1 amide bonds. The highest BCUT2D eigenvalue weighted by Gasteiger charge is 2.50. The first-order valence-corrected chi connectivity index (χ1v) is 7.71. The summed E-state index contributed by atoms with van der Waals surface area (Å²) in [4.78, 5) is 15.1. The van der Waals surface area contributed by atoms with Crippen molar-refractivity contribution in [1.82, 2.24) is 4.90 Å². The Kier molecular flexibility index (Phi) is 2.48. The molecule has 0 aromatic rings. The molecule has 2 aliphatic carbocycles. The standard InChI is InChI=1S/C15H23NO2/c1-9(10-2-3-10)16(11-4-5-11)15(17)13-8-12-6-7-14(13)18-12/h9-14H,2-8H2,1H3/t9-,12-,13+,14-/m1/s1. The van der Waals surface area contributed by atoms with E-state index in [0.717, 1.165) is 18.8 Å².